The van der Waals surface area contributed by atoms with Gasteiger partial charge in [0.1, 0.15) is 0 Å². The van der Waals surface area contributed by atoms with E-state index in [2.05, 4.69) is 10.5 Å². The lowest BCUT2D eigenvalue weighted by atomic mass is 10.1. The molecule has 0 aliphatic rings. The molecule has 0 heterocycles. The minimum absolute atomic E-state index is 0.214. The highest BCUT2D eigenvalue weighted by molar-refractivity contribution is 5.98. The van der Waals surface area contributed by atoms with Gasteiger partial charge in [-0.1, -0.05) is 60.2 Å². The van der Waals surface area contributed by atoms with Crippen molar-refractivity contribution in [3.05, 3.63) is 83.4 Å². The van der Waals surface area contributed by atoms with Gasteiger partial charge in [0, 0.05) is 5.56 Å². The summed E-state index contributed by atoms with van der Waals surface area (Å²) in [6.07, 6.45) is 1.64. The van der Waals surface area contributed by atoms with Gasteiger partial charge in [-0.05, 0) is 35.4 Å². The lowest BCUT2D eigenvalue weighted by Crippen LogP contribution is -2.17. The highest BCUT2D eigenvalue weighted by atomic mass is 16.2. The molecule has 0 spiro atoms. The van der Waals surface area contributed by atoms with Crippen LogP contribution in [0.1, 0.15) is 21.5 Å². The maximum Gasteiger partial charge on any atom is 0.271 e. The molecule has 0 aliphatic heterocycles. The van der Waals surface area contributed by atoms with E-state index >= 15 is 0 Å². The number of carbonyl (C=O) groups excluding carboxylic acids is 1. The van der Waals surface area contributed by atoms with E-state index in [4.69, 9.17) is 0 Å². The first-order chi connectivity index (χ1) is 10.7. The summed E-state index contributed by atoms with van der Waals surface area (Å²) in [6, 6.07) is 21.5. The van der Waals surface area contributed by atoms with Crippen molar-refractivity contribution in [1.29, 1.82) is 0 Å². The molecule has 1 N–H and O–H groups in total. The van der Waals surface area contributed by atoms with Gasteiger partial charge in [0.25, 0.3) is 5.91 Å². The quantitative estimate of drug-likeness (QED) is 0.576. The third-order valence-corrected chi connectivity index (χ3v) is 3.47. The van der Waals surface area contributed by atoms with E-state index in [-0.39, 0.29) is 5.91 Å². The molecule has 0 fully saturated rings. The van der Waals surface area contributed by atoms with Gasteiger partial charge in [-0.25, -0.2) is 5.43 Å². The molecule has 3 heteroatoms. The van der Waals surface area contributed by atoms with Crippen LogP contribution in [0, 0.1) is 6.92 Å². The summed E-state index contributed by atoms with van der Waals surface area (Å²) < 4.78 is 0. The molecule has 0 unspecified atom stereocenters. The van der Waals surface area contributed by atoms with Crippen molar-refractivity contribution in [2.75, 3.05) is 0 Å². The van der Waals surface area contributed by atoms with Crippen molar-refractivity contribution in [2.24, 2.45) is 5.10 Å². The molecule has 0 radical (unpaired) electrons. The molecule has 3 rings (SSSR count). The zero-order chi connectivity index (χ0) is 15.4. The van der Waals surface area contributed by atoms with Gasteiger partial charge in [0.05, 0.1) is 6.21 Å². The lowest BCUT2D eigenvalue weighted by molar-refractivity contribution is 0.0955. The molecule has 22 heavy (non-hydrogen) atoms. The monoisotopic (exact) mass is 288 g/mol. The van der Waals surface area contributed by atoms with Crippen LogP contribution < -0.4 is 5.43 Å². The van der Waals surface area contributed by atoms with E-state index in [1.54, 1.807) is 12.3 Å². The number of nitrogens with one attached hydrogen (secondary N) is 1. The number of aryl methyl sites for hydroxylation is 1. The van der Waals surface area contributed by atoms with Gasteiger partial charge < -0.3 is 0 Å². The van der Waals surface area contributed by atoms with E-state index in [0.29, 0.717) is 5.56 Å². The molecule has 0 saturated heterocycles. The number of hydrogen-bond acceptors (Lipinski definition) is 2. The maximum atomic E-state index is 12.1. The molecular formula is C19H16N2O. The summed E-state index contributed by atoms with van der Waals surface area (Å²) in [5.74, 6) is -0.214. The van der Waals surface area contributed by atoms with E-state index in [1.165, 1.54) is 5.56 Å². The number of nitrogens with zero attached hydrogens (tertiary/aromatic N) is 1. The largest absolute Gasteiger partial charge is 0.271 e. The highest BCUT2D eigenvalue weighted by Gasteiger charge is 2.04. The standard InChI is InChI=1S/C19H16N2O/c1-14-6-8-15(9-7-14)13-20-21-19(22)18-11-10-16-4-2-3-5-17(16)12-18/h2-13H,1H3,(H,21,22)/b20-13+. The first-order valence-corrected chi connectivity index (χ1v) is 7.11. The van der Waals surface area contributed by atoms with Crippen LogP contribution in [0.3, 0.4) is 0 Å². The Bertz CT molecular complexity index is 835. The number of hydrazone groups is 1. The molecule has 3 aromatic rings. The topological polar surface area (TPSA) is 41.5 Å². The second-order valence-electron chi connectivity index (χ2n) is 5.17. The summed E-state index contributed by atoms with van der Waals surface area (Å²) in [5, 5.41) is 6.16. The van der Waals surface area contributed by atoms with Crippen LogP contribution in [0.25, 0.3) is 10.8 Å². The number of fused-ring (bicyclic) bond motifs is 1. The van der Waals surface area contributed by atoms with Crippen LogP contribution in [0.2, 0.25) is 0 Å². The number of amides is 1. The van der Waals surface area contributed by atoms with Crippen LogP contribution in [-0.2, 0) is 0 Å². The Kier molecular flexibility index (Phi) is 3.97. The lowest BCUT2D eigenvalue weighted by Gasteiger charge is -2.02. The second-order valence-corrected chi connectivity index (χ2v) is 5.17. The van der Waals surface area contributed by atoms with Crippen LogP contribution in [-0.4, -0.2) is 12.1 Å². The van der Waals surface area contributed by atoms with Crippen molar-refractivity contribution in [2.45, 2.75) is 6.92 Å². The average molecular weight is 288 g/mol. The average Bonchev–Trinajstić information content (AvgIpc) is 2.56. The fourth-order valence-corrected chi connectivity index (χ4v) is 2.21. The summed E-state index contributed by atoms with van der Waals surface area (Å²) in [4.78, 5) is 12.1. The van der Waals surface area contributed by atoms with Crippen LogP contribution >= 0.6 is 0 Å². The van der Waals surface area contributed by atoms with Crippen molar-refractivity contribution >= 4 is 22.9 Å². The summed E-state index contributed by atoms with van der Waals surface area (Å²) in [6.45, 7) is 2.03. The summed E-state index contributed by atoms with van der Waals surface area (Å²) in [7, 11) is 0. The Hall–Kier alpha value is -2.94. The van der Waals surface area contributed by atoms with Gasteiger partial charge in [-0.15, -0.1) is 0 Å². The number of benzene rings is 3. The van der Waals surface area contributed by atoms with Gasteiger partial charge in [-0.2, -0.15) is 5.10 Å². The van der Waals surface area contributed by atoms with E-state index in [9.17, 15) is 4.79 Å². The van der Waals surface area contributed by atoms with Crippen molar-refractivity contribution in [3.63, 3.8) is 0 Å². The SMILES string of the molecule is Cc1ccc(/C=N/NC(=O)c2ccc3ccccc3c2)cc1. The minimum Gasteiger partial charge on any atom is -0.267 e. The number of rotatable bonds is 3. The van der Waals surface area contributed by atoms with Crippen LogP contribution in [0.5, 0.6) is 0 Å². The Balaban J connectivity index is 1.71. The molecule has 0 atom stereocenters. The molecule has 0 bridgehead atoms. The highest BCUT2D eigenvalue weighted by Crippen LogP contribution is 2.15. The smallest absolute Gasteiger partial charge is 0.267 e. The Morgan fingerprint density at radius 3 is 2.45 bits per heavy atom. The number of hydrogen-bond donors (Lipinski definition) is 1. The third kappa shape index (κ3) is 3.20. The molecular weight excluding hydrogens is 272 g/mol. The van der Waals surface area contributed by atoms with Gasteiger partial charge in [-0.3, -0.25) is 4.79 Å². The van der Waals surface area contributed by atoms with Gasteiger partial charge in [0.15, 0.2) is 0 Å². The normalized spacial score (nSPS) is 11.0. The minimum atomic E-state index is -0.214. The summed E-state index contributed by atoms with van der Waals surface area (Å²) >= 11 is 0. The fourth-order valence-electron chi connectivity index (χ4n) is 2.21. The Morgan fingerprint density at radius 1 is 0.955 bits per heavy atom. The fraction of sp³-hybridized carbons (Fsp3) is 0.0526. The van der Waals surface area contributed by atoms with E-state index < -0.39 is 0 Å². The molecule has 1 amide bonds. The van der Waals surface area contributed by atoms with Gasteiger partial charge in [0.2, 0.25) is 0 Å². The molecule has 3 aromatic carbocycles. The predicted molar refractivity (Wildman–Crippen MR) is 90.2 cm³/mol. The van der Waals surface area contributed by atoms with Crippen LogP contribution in [0.15, 0.2) is 71.8 Å². The van der Waals surface area contributed by atoms with E-state index in [1.807, 2.05) is 67.6 Å². The van der Waals surface area contributed by atoms with Gasteiger partial charge >= 0.3 is 0 Å². The molecule has 0 aromatic heterocycles. The zero-order valence-electron chi connectivity index (χ0n) is 12.3. The van der Waals surface area contributed by atoms with Crippen LogP contribution in [0.4, 0.5) is 0 Å². The zero-order valence-corrected chi connectivity index (χ0v) is 12.3. The third-order valence-electron chi connectivity index (χ3n) is 3.47. The molecule has 3 nitrogen and oxygen atoms in total. The Labute approximate surface area is 129 Å². The Morgan fingerprint density at radius 2 is 1.68 bits per heavy atom. The van der Waals surface area contributed by atoms with Crippen molar-refractivity contribution in [1.82, 2.24) is 5.43 Å². The second kappa shape index (κ2) is 6.22. The van der Waals surface area contributed by atoms with E-state index in [0.717, 1.165) is 16.3 Å². The predicted octanol–water partition coefficient (Wildman–Crippen LogP) is 3.91. The molecule has 0 aliphatic carbocycles. The van der Waals surface area contributed by atoms with Crippen molar-refractivity contribution < 1.29 is 4.79 Å². The first kappa shape index (κ1) is 14.0. The van der Waals surface area contributed by atoms with Crippen molar-refractivity contribution in [3.8, 4) is 0 Å². The maximum absolute atomic E-state index is 12.1. The molecule has 0 saturated carbocycles. The summed E-state index contributed by atoms with van der Waals surface area (Å²) in [5.41, 5.74) is 5.29. The molecule has 108 valence electrons. The first-order valence-electron chi connectivity index (χ1n) is 7.11. The number of carbonyl (C=O) groups is 1.